The van der Waals surface area contributed by atoms with Crippen molar-refractivity contribution in [3.05, 3.63) is 24.3 Å². The van der Waals surface area contributed by atoms with Crippen molar-refractivity contribution in [3.8, 4) is 11.5 Å². The lowest BCUT2D eigenvalue weighted by Gasteiger charge is -2.23. The molecule has 1 unspecified atom stereocenters. The van der Waals surface area contributed by atoms with Gasteiger partial charge >= 0.3 is 5.97 Å². The lowest BCUT2D eigenvalue weighted by atomic mass is 10.2. The third-order valence-electron chi connectivity index (χ3n) is 4.12. The second-order valence-corrected chi connectivity index (χ2v) is 6.15. The third kappa shape index (κ3) is 6.14. The standard InChI is InChI=1S/C18H24N2O7/c1-26-14-4-2-3-5-15(14)27-11-17(23)20(12-6-7-12)9-8-16(22)19-13(10-21)18(24)25/h2-5,12-13,21H,6-11H2,1H3,(H,19,22)(H,24,25). The van der Waals surface area contributed by atoms with Crippen LogP contribution in [0.3, 0.4) is 0 Å². The van der Waals surface area contributed by atoms with Crippen LogP contribution in [0.2, 0.25) is 0 Å². The van der Waals surface area contributed by atoms with Gasteiger partial charge in [-0.3, -0.25) is 9.59 Å². The maximum absolute atomic E-state index is 12.5. The maximum Gasteiger partial charge on any atom is 0.328 e. The van der Waals surface area contributed by atoms with Gasteiger partial charge in [0.25, 0.3) is 5.91 Å². The van der Waals surface area contributed by atoms with Gasteiger partial charge < -0.3 is 29.9 Å². The van der Waals surface area contributed by atoms with Crippen molar-refractivity contribution in [2.24, 2.45) is 0 Å². The summed E-state index contributed by atoms with van der Waals surface area (Å²) in [5, 5.41) is 20.0. The molecule has 9 nitrogen and oxygen atoms in total. The summed E-state index contributed by atoms with van der Waals surface area (Å²) in [7, 11) is 1.51. The van der Waals surface area contributed by atoms with Crippen molar-refractivity contribution < 1.29 is 34.1 Å². The van der Waals surface area contributed by atoms with Gasteiger partial charge in [0.05, 0.1) is 13.7 Å². The van der Waals surface area contributed by atoms with Crippen LogP contribution in [0.1, 0.15) is 19.3 Å². The number of carbonyl (C=O) groups is 3. The molecule has 0 saturated heterocycles. The molecular formula is C18H24N2O7. The van der Waals surface area contributed by atoms with Crippen LogP contribution < -0.4 is 14.8 Å². The third-order valence-corrected chi connectivity index (χ3v) is 4.12. The minimum absolute atomic E-state index is 0.0549. The van der Waals surface area contributed by atoms with E-state index >= 15 is 0 Å². The van der Waals surface area contributed by atoms with Gasteiger partial charge in [-0.15, -0.1) is 0 Å². The number of carboxylic acid groups (broad SMARTS) is 1. The zero-order chi connectivity index (χ0) is 19.8. The minimum Gasteiger partial charge on any atom is -0.493 e. The maximum atomic E-state index is 12.5. The number of carboxylic acids is 1. The Hall–Kier alpha value is -2.81. The Bertz CT molecular complexity index is 675. The first-order valence-corrected chi connectivity index (χ1v) is 8.64. The van der Waals surface area contributed by atoms with Crippen LogP contribution in [0.15, 0.2) is 24.3 Å². The smallest absolute Gasteiger partial charge is 0.328 e. The van der Waals surface area contributed by atoms with E-state index in [2.05, 4.69) is 5.32 Å². The van der Waals surface area contributed by atoms with Crippen molar-refractivity contribution >= 4 is 17.8 Å². The number of rotatable bonds is 11. The molecule has 2 amide bonds. The van der Waals surface area contributed by atoms with Gasteiger partial charge in [-0.2, -0.15) is 0 Å². The number of ether oxygens (including phenoxy) is 2. The Kier molecular flexibility index (Phi) is 7.42. The number of para-hydroxylation sites is 2. The number of aliphatic hydroxyl groups is 1. The summed E-state index contributed by atoms with van der Waals surface area (Å²) in [5.74, 6) is -1.14. The molecule has 9 heteroatoms. The molecule has 0 spiro atoms. The topological polar surface area (TPSA) is 125 Å². The highest BCUT2D eigenvalue weighted by Gasteiger charge is 2.33. The first-order valence-electron chi connectivity index (χ1n) is 8.64. The fraction of sp³-hybridized carbons (Fsp3) is 0.500. The second kappa shape index (κ2) is 9.77. The van der Waals surface area contributed by atoms with Gasteiger partial charge in [0, 0.05) is 19.0 Å². The normalized spacial score (nSPS) is 14.1. The van der Waals surface area contributed by atoms with E-state index < -0.39 is 24.5 Å². The highest BCUT2D eigenvalue weighted by molar-refractivity contribution is 5.84. The van der Waals surface area contributed by atoms with E-state index in [9.17, 15) is 14.4 Å². The number of nitrogens with one attached hydrogen (secondary N) is 1. The highest BCUT2D eigenvalue weighted by Crippen LogP contribution is 2.28. The number of amides is 2. The molecule has 0 aliphatic heterocycles. The largest absolute Gasteiger partial charge is 0.493 e. The predicted octanol–water partition coefficient (Wildman–Crippen LogP) is 0.0168. The van der Waals surface area contributed by atoms with E-state index in [-0.39, 0.29) is 31.5 Å². The Morgan fingerprint density at radius 1 is 1.26 bits per heavy atom. The molecule has 0 bridgehead atoms. The molecule has 3 N–H and O–H groups in total. The lowest BCUT2D eigenvalue weighted by Crippen LogP contribution is -2.45. The number of benzene rings is 1. The summed E-state index contributed by atoms with van der Waals surface area (Å²) in [5.41, 5.74) is 0. The Morgan fingerprint density at radius 2 is 1.93 bits per heavy atom. The second-order valence-electron chi connectivity index (χ2n) is 6.15. The molecule has 27 heavy (non-hydrogen) atoms. The average Bonchev–Trinajstić information content (AvgIpc) is 3.49. The van der Waals surface area contributed by atoms with Gasteiger partial charge in [0.1, 0.15) is 6.04 Å². The average molecular weight is 380 g/mol. The van der Waals surface area contributed by atoms with Crippen molar-refractivity contribution in [1.82, 2.24) is 10.2 Å². The van der Waals surface area contributed by atoms with Crippen LogP contribution in [0.25, 0.3) is 0 Å². The van der Waals surface area contributed by atoms with Crippen molar-refractivity contribution in [1.29, 1.82) is 0 Å². The van der Waals surface area contributed by atoms with Crippen LogP contribution in [0.5, 0.6) is 11.5 Å². The molecular weight excluding hydrogens is 356 g/mol. The quantitative estimate of drug-likeness (QED) is 0.494. The zero-order valence-corrected chi connectivity index (χ0v) is 15.1. The Labute approximate surface area is 156 Å². The van der Waals surface area contributed by atoms with Crippen molar-refractivity contribution in [2.75, 3.05) is 26.9 Å². The highest BCUT2D eigenvalue weighted by atomic mass is 16.5. The fourth-order valence-electron chi connectivity index (χ4n) is 2.53. The van der Waals surface area contributed by atoms with Gasteiger partial charge in [-0.05, 0) is 25.0 Å². The van der Waals surface area contributed by atoms with E-state index in [1.54, 1.807) is 29.2 Å². The SMILES string of the molecule is COc1ccccc1OCC(=O)N(CCC(=O)NC(CO)C(=O)O)C1CC1. The lowest BCUT2D eigenvalue weighted by molar-refractivity contribution is -0.143. The summed E-state index contributed by atoms with van der Waals surface area (Å²) < 4.78 is 10.7. The molecule has 0 aromatic heterocycles. The molecule has 148 valence electrons. The first kappa shape index (κ1) is 20.5. The number of nitrogens with zero attached hydrogens (tertiary/aromatic N) is 1. The van der Waals surface area contributed by atoms with Crippen LogP contribution in [-0.4, -0.2) is 71.8 Å². The van der Waals surface area contributed by atoms with Crippen LogP contribution >= 0.6 is 0 Å². The summed E-state index contributed by atoms with van der Waals surface area (Å²) in [6, 6.07) is 5.70. The molecule has 1 saturated carbocycles. The number of methoxy groups -OCH3 is 1. The summed E-state index contributed by atoms with van der Waals surface area (Å²) in [6.45, 7) is -0.728. The molecule has 0 radical (unpaired) electrons. The fourth-order valence-corrected chi connectivity index (χ4v) is 2.53. The summed E-state index contributed by atoms with van der Waals surface area (Å²) in [4.78, 5) is 36.8. The molecule has 1 atom stereocenters. The summed E-state index contributed by atoms with van der Waals surface area (Å²) >= 11 is 0. The molecule has 1 aliphatic carbocycles. The van der Waals surface area contributed by atoms with E-state index in [1.807, 2.05) is 0 Å². The van der Waals surface area contributed by atoms with Gasteiger partial charge in [0.15, 0.2) is 18.1 Å². The number of aliphatic hydroxyl groups excluding tert-OH is 1. The molecule has 1 fully saturated rings. The molecule has 1 aromatic rings. The van der Waals surface area contributed by atoms with Crippen LogP contribution in [-0.2, 0) is 14.4 Å². The zero-order valence-electron chi connectivity index (χ0n) is 15.1. The minimum atomic E-state index is -1.35. The van der Waals surface area contributed by atoms with Gasteiger partial charge in [-0.25, -0.2) is 4.79 Å². The Balaban J connectivity index is 1.86. The van der Waals surface area contributed by atoms with Crippen molar-refractivity contribution in [3.63, 3.8) is 0 Å². The predicted molar refractivity (Wildman–Crippen MR) is 94.5 cm³/mol. The monoisotopic (exact) mass is 380 g/mol. The molecule has 2 rings (SSSR count). The van der Waals surface area contributed by atoms with Crippen LogP contribution in [0, 0.1) is 0 Å². The number of hydrogen-bond donors (Lipinski definition) is 3. The van der Waals surface area contributed by atoms with Crippen LogP contribution in [0.4, 0.5) is 0 Å². The number of carbonyl (C=O) groups excluding carboxylic acids is 2. The number of aliphatic carboxylic acids is 1. The van der Waals surface area contributed by atoms with Gasteiger partial charge in [0.2, 0.25) is 5.91 Å². The van der Waals surface area contributed by atoms with E-state index in [0.717, 1.165) is 12.8 Å². The van der Waals surface area contributed by atoms with Crippen molar-refractivity contribution in [2.45, 2.75) is 31.3 Å². The number of hydrogen-bond acceptors (Lipinski definition) is 6. The van der Waals surface area contributed by atoms with E-state index in [4.69, 9.17) is 19.7 Å². The molecule has 1 aliphatic rings. The molecule has 0 heterocycles. The summed E-state index contributed by atoms with van der Waals surface area (Å²) in [6.07, 6.45) is 1.66. The van der Waals surface area contributed by atoms with E-state index in [0.29, 0.717) is 11.5 Å². The molecule has 1 aromatic carbocycles. The first-order chi connectivity index (χ1) is 13.0. The van der Waals surface area contributed by atoms with Gasteiger partial charge in [-0.1, -0.05) is 12.1 Å². The Morgan fingerprint density at radius 3 is 2.48 bits per heavy atom. The van der Waals surface area contributed by atoms with E-state index in [1.165, 1.54) is 7.11 Å².